The van der Waals surface area contributed by atoms with Gasteiger partial charge in [-0.15, -0.1) is 54.1 Å². The number of hydrogen-bond acceptors (Lipinski definition) is 4. The molecule has 1 atom stereocenters. The molecule has 1 radical (unpaired) electrons. The van der Waals surface area contributed by atoms with E-state index < -0.39 is 8.07 Å². The second-order valence-corrected chi connectivity index (χ2v) is 27.5. The summed E-state index contributed by atoms with van der Waals surface area (Å²) in [6, 6.07) is 60.1. The van der Waals surface area contributed by atoms with Crippen LogP contribution in [0.4, 0.5) is 0 Å². The van der Waals surface area contributed by atoms with Gasteiger partial charge in [0, 0.05) is 54.4 Å². The summed E-state index contributed by atoms with van der Waals surface area (Å²) in [5.74, 6) is 1.57. The van der Waals surface area contributed by atoms with Crippen molar-refractivity contribution in [2.24, 2.45) is 11.3 Å². The standard InChI is InChI=1S/C45H40N3O.C19H26NSi.Ir/c1-28(2)29(3)38-25-24-34-33-20-15-21-35(42(33)49-44(34)47-38)43-46-39-22-13-14-23-40(39)48(43)41-36(30-16-9-7-10-17-30)26-32(45(4,5)6)27-37(41)31-18-11-8-12-19-31;1-19(2,3)13-16-12-17(15-10-8-7-9-11-15)20-14-18(16)21(4,5)6;/h7-20,22-29H,1-6H3;7-10,12,14H,13H2,1-6H3;/q2*-1;. The predicted octanol–water partition coefficient (Wildman–Crippen LogP) is 16.9. The third-order valence-corrected chi connectivity index (χ3v) is 15.5. The molecule has 0 saturated heterocycles. The van der Waals surface area contributed by atoms with Crippen LogP contribution in [0.2, 0.25) is 19.6 Å². The Labute approximate surface area is 436 Å². The maximum atomic E-state index is 6.69. The number of nitrogens with zero attached hydrogens (tertiary/aromatic N) is 4. The third-order valence-electron chi connectivity index (χ3n) is 13.4. The van der Waals surface area contributed by atoms with E-state index in [2.05, 4.69) is 232 Å². The molecule has 5 nitrogen and oxygen atoms in total. The molecule has 1 unspecified atom stereocenters. The van der Waals surface area contributed by atoms with Gasteiger partial charge in [-0.05, 0) is 87.1 Å². The van der Waals surface area contributed by atoms with Crippen LogP contribution in [0.1, 0.15) is 85.1 Å². The summed E-state index contributed by atoms with van der Waals surface area (Å²) in [5.41, 5.74) is 15.9. The molecule has 0 amide bonds. The summed E-state index contributed by atoms with van der Waals surface area (Å²) in [6.45, 7) is 27.6. The Hall–Kier alpha value is -6.24. The van der Waals surface area contributed by atoms with Gasteiger partial charge < -0.3 is 14.0 Å². The van der Waals surface area contributed by atoms with Crippen molar-refractivity contribution in [3.05, 3.63) is 187 Å². The molecule has 7 heteroatoms. The van der Waals surface area contributed by atoms with Crippen molar-refractivity contribution in [2.45, 2.75) is 99.7 Å². The van der Waals surface area contributed by atoms with Crippen LogP contribution >= 0.6 is 0 Å². The zero-order chi connectivity index (χ0) is 49.5. The molecule has 0 aliphatic carbocycles. The quantitative estimate of drug-likeness (QED) is 0.107. The summed E-state index contributed by atoms with van der Waals surface area (Å²) in [5, 5.41) is 3.49. The predicted molar refractivity (Wildman–Crippen MR) is 298 cm³/mol. The Morgan fingerprint density at radius 1 is 0.662 bits per heavy atom. The third kappa shape index (κ3) is 10.8. The van der Waals surface area contributed by atoms with Crippen LogP contribution in [0, 0.1) is 23.5 Å². The first-order valence-electron chi connectivity index (χ1n) is 24.8. The van der Waals surface area contributed by atoms with E-state index in [0.717, 1.165) is 90.1 Å². The molecule has 71 heavy (non-hydrogen) atoms. The van der Waals surface area contributed by atoms with Crippen molar-refractivity contribution in [2.75, 3.05) is 0 Å². The first-order valence-corrected chi connectivity index (χ1v) is 28.3. The van der Waals surface area contributed by atoms with E-state index in [1.165, 1.54) is 16.3 Å². The van der Waals surface area contributed by atoms with E-state index in [4.69, 9.17) is 19.4 Å². The molecule has 0 bridgehead atoms. The van der Waals surface area contributed by atoms with Gasteiger partial charge in [-0.3, -0.25) is 4.98 Å². The summed E-state index contributed by atoms with van der Waals surface area (Å²) in [4.78, 5) is 15.1. The second-order valence-electron chi connectivity index (χ2n) is 22.5. The normalized spacial score (nSPS) is 12.5. The molecule has 0 N–H and O–H groups in total. The fourth-order valence-corrected chi connectivity index (χ4v) is 11.0. The van der Waals surface area contributed by atoms with E-state index in [1.807, 2.05) is 24.3 Å². The van der Waals surface area contributed by atoms with Gasteiger partial charge in [-0.1, -0.05) is 177 Å². The molecule has 10 rings (SSSR count). The number of pyridine rings is 2. The number of rotatable bonds is 9. The Bertz CT molecular complexity index is 3390. The first-order chi connectivity index (χ1) is 33.4. The maximum Gasteiger partial charge on any atom is 0.216 e. The fraction of sp³-hybridized carbons (Fsp3) is 0.266. The van der Waals surface area contributed by atoms with E-state index >= 15 is 0 Å². The molecule has 10 aromatic rings. The molecule has 0 fully saturated rings. The molecule has 0 aliphatic rings. The second kappa shape index (κ2) is 20.5. The summed E-state index contributed by atoms with van der Waals surface area (Å²) < 4.78 is 9.02. The van der Waals surface area contributed by atoms with E-state index in [1.54, 1.807) is 0 Å². The molecular formula is C64H66IrN4OSi-2. The van der Waals surface area contributed by atoms with Crippen LogP contribution < -0.4 is 5.19 Å². The van der Waals surface area contributed by atoms with Gasteiger partial charge >= 0.3 is 0 Å². The Balaban J connectivity index is 0.000000259. The molecule has 4 aromatic heterocycles. The fourth-order valence-electron chi connectivity index (χ4n) is 9.39. The zero-order valence-corrected chi connectivity index (χ0v) is 46.8. The number of hydrogen-bond donors (Lipinski definition) is 0. The minimum atomic E-state index is -1.37. The van der Waals surface area contributed by atoms with Crippen LogP contribution in [0.25, 0.3) is 83.7 Å². The van der Waals surface area contributed by atoms with Gasteiger partial charge in [0.05, 0.1) is 36.2 Å². The van der Waals surface area contributed by atoms with Crippen molar-refractivity contribution in [1.29, 1.82) is 0 Å². The largest absolute Gasteiger partial charge is 0.486 e. The van der Waals surface area contributed by atoms with Crippen molar-refractivity contribution in [3.63, 3.8) is 0 Å². The van der Waals surface area contributed by atoms with Gasteiger partial charge in [0.25, 0.3) is 0 Å². The van der Waals surface area contributed by atoms with E-state index in [-0.39, 0.29) is 30.9 Å². The molecule has 363 valence electrons. The monoisotopic (exact) mass is 1130 g/mol. The summed E-state index contributed by atoms with van der Waals surface area (Å²) in [6.07, 6.45) is 3.21. The van der Waals surface area contributed by atoms with E-state index in [0.29, 0.717) is 17.5 Å². The number of para-hydroxylation sites is 2. The van der Waals surface area contributed by atoms with Crippen molar-refractivity contribution >= 4 is 46.4 Å². The molecular weight excluding hydrogens is 1060 g/mol. The van der Waals surface area contributed by atoms with Crippen molar-refractivity contribution in [1.82, 2.24) is 19.5 Å². The summed E-state index contributed by atoms with van der Waals surface area (Å²) in [7, 11) is -1.37. The van der Waals surface area contributed by atoms with Crippen LogP contribution in [0.3, 0.4) is 0 Å². The number of fused-ring (bicyclic) bond motifs is 4. The molecule has 4 heterocycles. The zero-order valence-electron chi connectivity index (χ0n) is 43.4. The molecule has 0 spiro atoms. The average molecular weight is 1130 g/mol. The molecule has 0 aliphatic heterocycles. The minimum Gasteiger partial charge on any atom is -0.486 e. The minimum absolute atomic E-state index is 0. The number of furan rings is 1. The van der Waals surface area contributed by atoms with Crippen molar-refractivity contribution in [3.8, 4) is 50.6 Å². The van der Waals surface area contributed by atoms with Crippen LogP contribution in [0.5, 0.6) is 0 Å². The van der Waals surface area contributed by atoms with Crippen LogP contribution in [0.15, 0.2) is 162 Å². The number of benzene rings is 6. The van der Waals surface area contributed by atoms with Crippen LogP contribution in [-0.4, -0.2) is 27.6 Å². The SMILES string of the molecule is CC(C)(C)Cc1cc(-c2[c-]cccc2)ncc1[Si](C)(C)C.CC(C)C(C)c1ccc2c(n1)oc1c(-c3nc4ccccc4n3-c3c(-c4ccccc4)cc(C(C)(C)C)cc3-c3ccccc3)[c-]ccc12.[Ir]. The van der Waals surface area contributed by atoms with E-state index in [9.17, 15) is 0 Å². The molecule has 6 aromatic carbocycles. The Kier molecular flexibility index (Phi) is 14.7. The molecule has 0 saturated carbocycles. The van der Waals surface area contributed by atoms with Gasteiger partial charge in [0.1, 0.15) is 0 Å². The topological polar surface area (TPSA) is 56.7 Å². The first kappa shape index (κ1) is 51.1. The summed E-state index contributed by atoms with van der Waals surface area (Å²) >= 11 is 0. The average Bonchev–Trinajstić information content (AvgIpc) is 3.91. The maximum absolute atomic E-state index is 6.69. The number of imidazole rings is 1. The van der Waals surface area contributed by atoms with Gasteiger partial charge in [0.2, 0.25) is 5.71 Å². The van der Waals surface area contributed by atoms with Gasteiger partial charge in [-0.25, -0.2) is 4.98 Å². The smallest absolute Gasteiger partial charge is 0.216 e. The van der Waals surface area contributed by atoms with Crippen molar-refractivity contribution < 1.29 is 24.5 Å². The Morgan fingerprint density at radius 3 is 1.89 bits per heavy atom. The van der Waals surface area contributed by atoms with Gasteiger partial charge in [0.15, 0.2) is 0 Å². The van der Waals surface area contributed by atoms with Crippen LogP contribution in [-0.2, 0) is 31.9 Å². The van der Waals surface area contributed by atoms with Gasteiger partial charge in [-0.2, -0.15) is 0 Å². The Morgan fingerprint density at radius 2 is 1.30 bits per heavy atom. The number of aromatic nitrogens is 4.